The Bertz CT molecular complexity index is 1240. The number of nitrogens with zero attached hydrogens (tertiary/aromatic N) is 4. The maximum absolute atomic E-state index is 13.1. The third kappa shape index (κ3) is 5.12. The first kappa shape index (κ1) is 26.2. The molecule has 194 valence electrons. The Kier molecular flexibility index (Phi) is 7.42. The van der Waals surface area contributed by atoms with Crippen LogP contribution in [0, 0.1) is 0 Å². The molecule has 2 amide bonds. The summed E-state index contributed by atoms with van der Waals surface area (Å²) in [5.74, 6) is -0.679. The number of benzene rings is 1. The Balaban J connectivity index is 0.00000148. The minimum Gasteiger partial charge on any atom is -0.364 e. The second-order valence-electron chi connectivity index (χ2n) is 8.99. The van der Waals surface area contributed by atoms with Gasteiger partial charge >= 0.3 is 12.2 Å². The van der Waals surface area contributed by atoms with E-state index in [1.807, 2.05) is 19.9 Å². The minimum absolute atomic E-state index is 0.0212. The smallest absolute Gasteiger partial charge is 0.364 e. The number of rotatable bonds is 3. The van der Waals surface area contributed by atoms with Crippen molar-refractivity contribution in [3.63, 3.8) is 0 Å². The third-order valence-electron chi connectivity index (χ3n) is 6.99. The molecule has 2 aromatic heterocycles. The van der Waals surface area contributed by atoms with E-state index in [9.17, 15) is 22.8 Å². The Hall–Kier alpha value is -2.92. The summed E-state index contributed by atoms with van der Waals surface area (Å²) in [7, 11) is 0. The quantitative estimate of drug-likeness (QED) is 0.504. The highest BCUT2D eigenvalue weighted by Gasteiger charge is 2.44. The number of aromatic nitrogens is 2. The van der Waals surface area contributed by atoms with Crippen LogP contribution in [0.15, 0.2) is 36.5 Å². The molecule has 0 bridgehead atoms. The lowest BCUT2D eigenvalue weighted by Gasteiger charge is -2.44. The van der Waals surface area contributed by atoms with Gasteiger partial charge in [0.15, 0.2) is 5.69 Å². The molecule has 2 saturated heterocycles. The summed E-state index contributed by atoms with van der Waals surface area (Å²) in [6, 6.07) is 7.03. The van der Waals surface area contributed by atoms with Crippen molar-refractivity contribution in [2.24, 2.45) is 5.73 Å². The molecule has 0 aliphatic carbocycles. The normalized spacial score (nSPS) is 17.9. The Labute approximate surface area is 211 Å². The molecule has 36 heavy (non-hydrogen) atoms. The van der Waals surface area contributed by atoms with E-state index in [0.29, 0.717) is 24.3 Å². The molecule has 5 rings (SSSR count). The third-order valence-corrected chi connectivity index (χ3v) is 8.07. The van der Waals surface area contributed by atoms with Gasteiger partial charge in [-0.25, -0.2) is 4.79 Å². The van der Waals surface area contributed by atoms with Crippen LogP contribution < -0.4 is 5.73 Å². The van der Waals surface area contributed by atoms with Gasteiger partial charge in [-0.15, -0.1) is 11.3 Å². The zero-order chi connectivity index (χ0) is 26.1. The number of primary amides is 1. The highest BCUT2D eigenvalue weighted by Crippen LogP contribution is 2.41. The van der Waals surface area contributed by atoms with Crippen molar-refractivity contribution in [1.82, 2.24) is 19.6 Å². The molecule has 1 spiro atoms. The highest BCUT2D eigenvalue weighted by atomic mass is 32.1. The average molecular weight is 522 g/mol. The molecule has 2 fully saturated rings. The first-order valence-electron chi connectivity index (χ1n) is 12.1. The fourth-order valence-electron chi connectivity index (χ4n) is 5.16. The second kappa shape index (κ2) is 10.2. The number of carbonyl (C=O) groups is 2. The molecule has 1 aromatic carbocycles. The van der Waals surface area contributed by atoms with Crippen LogP contribution in [0.25, 0.3) is 10.1 Å². The van der Waals surface area contributed by atoms with Crippen LogP contribution in [0.3, 0.4) is 0 Å². The number of hydrogen-bond donors (Lipinski definition) is 1. The van der Waals surface area contributed by atoms with Crippen molar-refractivity contribution in [3.8, 4) is 0 Å². The number of fused-ring (bicyclic) bond motifs is 1. The summed E-state index contributed by atoms with van der Waals surface area (Å²) >= 11 is 1.41. The molecule has 4 heterocycles. The molecule has 2 aliphatic heterocycles. The molecule has 11 heteroatoms. The molecular weight excluding hydrogens is 491 g/mol. The number of carbonyl (C=O) groups excluding carboxylic acids is 2. The van der Waals surface area contributed by atoms with Gasteiger partial charge in [0, 0.05) is 40.9 Å². The lowest BCUT2D eigenvalue weighted by molar-refractivity contribution is -0.137. The van der Waals surface area contributed by atoms with Crippen LogP contribution in [-0.4, -0.2) is 56.7 Å². The molecule has 0 saturated carbocycles. The zero-order valence-corrected chi connectivity index (χ0v) is 21.2. The number of nitrogens with two attached hydrogens (primary N) is 1. The number of alkyl halides is 3. The molecule has 0 unspecified atom stereocenters. The van der Waals surface area contributed by atoms with E-state index in [4.69, 9.17) is 5.73 Å². The van der Waals surface area contributed by atoms with Gasteiger partial charge in [0.1, 0.15) is 0 Å². The summed E-state index contributed by atoms with van der Waals surface area (Å²) in [5, 5.41) is 4.79. The van der Waals surface area contributed by atoms with Gasteiger partial charge < -0.3 is 10.6 Å². The predicted octanol–water partition coefficient (Wildman–Crippen LogP) is 5.34. The van der Waals surface area contributed by atoms with Crippen molar-refractivity contribution in [2.45, 2.75) is 57.8 Å². The average Bonchev–Trinajstić information content (AvgIpc) is 3.59. The van der Waals surface area contributed by atoms with E-state index in [1.165, 1.54) is 29.7 Å². The lowest BCUT2D eigenvalue weighted by Crippen LogP contribution is -2.53. The summed E-state index contributed by atoms with van der Waals surface area (Å²) in [6.07, 6.45) is 0.808. The van der Waals surface area contributed by atoms with Crippen molar-refractivity contribution in [1.29, 1.82) is 0 Å². The van der Waals surface area contributed by atoms with E-state index in [0.717, 1.165) is 53.2 Å². The van der Waals surface area contributed by atoms with E-state index < -0.39 is 17.6 Å². The van der Waals surface area contributed by atoms with Gasteiger partial charge in [-0.3, -0.25) is 9.69 Å². The van der Waals surface area contributed by atoms with Crippen LogP contribution in [0.1, 0.15) is 60.5 Å². The number of thiophene rings is 1. The largest absolute Gasteiger partial charge is 0.416 e. The zero-order valence-electron chi connectivity index (χ0n) is 20.3. The molecule has 3 aromatic rings. The van der Waals surface area contributed by atoms with E-state index >= 15 is 0 Å². The molecule has 2 aliphatic rings. The fourth-order valence-corrected chi connectivity index (χ4v) is 6.28. The SMILES string of the molecule is CC.NC(=O)c1ccn(C(=O)N2CCC3(CCCN3Cc3cc4ccc(C(F)(F)F)cc4s3)CC2)n1. The van der Waals surface area contributed by atoms with E-state index in [-0.39, 0.29) is 17.3 Å². The molecule has 2 N–H and O–H groups in total. The molecule has 0 atom stereocenters. The molecule has 0 radical (unpaired) electrons. The maximum atomic E-state index is 13.1. The fraction of sp³-hybridized carbons (Fsp3) is 0.480. The number of hydrogen-bond acceptors (Lipinski definition) is 5. The number of likely N-dealkylation sites (tertiary alicyclic amines) is 2. The van der Waals surface area contributed by atoms with Crippen LogP contribution in [0.5, 0.6) is 0 Å². The lowest BCUT2D eigenvalue weighted by atomic mass is 9.85. The van der Waals surface area contributed by atoms with Crippen LogP contribution in [-0.2, 0) is 12.7 Å². The van der Waals surface area contributed by atoms with E-state index in [2.05, 4.69) is 10.00 Å². The Morgan fingerprint density at radius 1 is 1.08 bits per heavy atom. The summed E-state index contributed by atoms with van der Waals surface area (Å²) in [6.45, 7) is 6.76. The van der Waals surface area contributed by atoms with Crippen LogP contribution >= 0.6 is 11.3 Å². The molecular formula is C25H30F3N5O2S. The first-order chi connectivity index (χ1) is 17.1. The number of piperidine rings is 1. The van der Waals surface area contributed by atoms with Gasteiger partial charge in [0.05, 0.1) is 5.56 Å². The Morgan fingerprint density at radius 3 is 2.44 bits per heavy atom. The van der Waals surface area contributed by atoms with E-state index in [1.54, 1.807) is 11.0 Å². The minimum atomic E-state index is -4.35. The highest BCUT2D eigenvalue weighted by molar-refractivity contribution is 7.19. The van der Waals surface area contributed by atoms with Crippen molar-refractivity contribution < 1.29 is 22.8 Å². The Morgan fingerprint density at radius 2 is 1.81 bits per heavy atom. The monoisotopic (exact) mass is 521 g/mol. The standard InChI is InChI=1S/C23H24F3N5O2S.C2H6/c24-23(25,26)16-3-2-15-12-17(34-19(15)13-16)14-30-8-1-5-22(30)6-10-29(11-7-22)21(33)31-9-4-18(28-31)20(27)32;1-2/h2-4,9,12-13H,1,5-8,10-11,14H2,(H2,27,32);1-2H3. The van der Waals surface area contributed by atoms with Gasteiger partial charge in [-0.05, 0) is 61.9 Å². The summed E-state index contributed by atoms with van der Waals surface area (Å²) in [4.78, 5) is 29.3. The van der Waals surface area contributed by atoms with Crippen LogP contribution in [0.2, 0.25) is 0 Å². The summed E-state index contributed by atoms with van der Waals surface area (Å²) in [5.41, 5.74) is 4.63. The van der Waals surface area contributed by atoms with Gasteiger partial charge in [0.2, 0.25) is 0 Å². The maximum Gasteiger partial charge on any atom is 0.416 e. The number of amides is 2. The predicted molar refractivity (Wildman–Crippen MR) is 133 cm³/mol. The van der Waals surface area contributed by atoms with Gasteiger partial charge in [-0.1, -0.05) is 19.9 Å². The van der Waals surface area contributed by atoms with Gasteiger partial charge in [0.25, 0.3) is 5.91 Å². The second-order valence-corrected chi connectivity index (χ2v) is 10.2. The van der Waals surface area contributed by atoms with Crippen molar-refractivity contribution in [2.75, 3.05) is 19.6 Å². The topological polar surface area (TPSA) is 84.5 Å². The number of halogens is 3. The summed E-state index contributed by atoms with van der Waals surface area (Å²) < 4.78 is 41.0. The van der Waals surface area contributed by atoms with Gasteiger partial charge in [-0.2, -0.15) is 23.0 Å². The van der Waals surface area contributed by atoms with Crippen LogP contribution in [0.4, 0.5) is 18.0 Å². The first-order valence-corrected chi connectivity index (χ1v) is 13.0. The molecule has 7 nitrogen and oxygen atoms in total. The van der Waals surface area contributed by atoms with Crippen molar-refractivity contribution in [3.05, 3.63) is 52.7 Å². The van der Waals surface area contributed by atoms with Crippen molar-refractivity contribution >= 4 is 33.4 Å².